The minimum atomic E-state index is -0.936. The number of piperazine rings is 1. The summed E-state index contributed by atoms with van der Waals surface area (Å²) >= 11 is 0. The number of nitrogens with zero attached hydrogens (tertiary/aromatic N) is 2. The van der Waals surface area contributed by atoms with Gasteiger partial charge in [0.05, 0.1) is 18.3 Å². The number of amides is 1. The number of benzene rings is 3. The molecule has 244 valence electrons. The van der Waals surface area contributed by atoms with E-state index >= 15 is 0 Å². The molecule has 1 aliphatic heterocycles. The summed E-state index contributed by atoms with van der Waals surface area (Å²) in [5, 5.41) is 18.3. The topological polar surface area (TPSA) is 117 Å². The Bertz CT molecular complexity index is 1560. The van der Waals surface area contributed by atoms with E-state index in [-0.39, 0.29) is 54.9 Å². The first-order chi connectivity index (χ1) is 22.1. The van der Waals surface area contributed by atoms with E-state index in [1.807, 2.05) is 19.2 Å². The third kappa shape index (κ3) is 8.00. The molecule has 2 aliphatic rings. The molecular weight excluding hydrogens is 598 g/mol. The van der Waals surface area contributed by atoms with Crippen molar-refractivity contribution in [2.24, 2.45) is 0 Å². The van der Waals surface area contributed by atoms with Gasteiger partial charge in [0.15, 0.2) is 0 Å². The Morgan fingerprint density at radius 1 is 0.891 bits per heavy atom. The van der Waals surface area contributed by atoms with Crippen LogP contribution in [0.3, 0.4) is 0 Å². The number of carboxylic acids is 2. The molecule has 1 amide bonds. The van der Waals surface area contributed by atoms with Crippen LogP contribution in [0.1, 0.15) is 59.5 Å². The number of ether oxygens (including phenoxy) is 2. The smallest absolute Gasteiger partial charge is 0.303 e. The van der Waals surface area contributed by atoms with Gasteiger partial charge < -0.3 is 29.5 Å². The Morgan fingerprint density at radius 3 is 2.24 bits per heavy atom. The van der Waals surface area contributed by atoms with Gasteiger partial charge in [-0.25, -0.2) is 8.78 Å². The van der Waals surface area contributed by atoms with Crippen LogP contribution in [0.25, 0.3) is 11.1 Å². The lowest BCUT2D eigenvalue weighted by Gasteiger charge is -2.37. The Kier molecular flexibility index (Phi) is 10.5. The average molecular weight is 637 g/mol. The summed E-state index contributed by atoms with van der Waals surface area (Å²) in [7, 11) is 1.99. The fourth-order valence-corrected chi connectivity index (χ4v) is 6.01. The van der Waals surface area contributed by atoms with Crippen LogP contribution in [-0.4, -0.2) is 83.8 Å². The molecule has 1 heterocycles. The highest BCUT2D eigenvalue weighted by Crippen LogP contribution is 2.43. The molecule has 2 N–H and O–H groups in total. The molecule has 3 aromatic rings. The van der Waals surface area contributed by atoms with E-state index in [1.165, 1.54) is 24.3 Å². The molecule has 3 aromatic carbocycles. The number of carbonyl (C=O) groups is 3. The van der Waals surface area contributed by atoms with Crippen LogP contribution >= 0.6 is 0 Å². The summed E-state index contributed by atoms with van der Waals surface area (Å²) in [6.07, 6.45) is 1.43. The standard InChI is InChI=1S/C35H38F2N2O7/c1-38-12-14-39(15-13-38)35(44)24-17-23(34-29(36)6-3-7-30(34)37)20-26(21-24)46-25-18-22(19-25)27-5-2-8-31(28(27)10-11-33(42)43)45-16-4-9-32(40)41/h2-3,5-8,17,20-22,25H,4,9-16,18-19H2,1H3,(H,40,41)(H,42,43). The van der Waals surface area contributed by atoms with E-state index in [9.17, 15) is 28.3 Å². The number of rotatable bonds is 13. The summed E-state index contributed by atoms with van der Waals surface area (Å²) < 4.78 is 41.9. The first kappa shape index (κ1) is 32.9. The number of hydrogen-bond acceptors (Lipinski definition) is 6. The van der Waals surface area contributed by atoms with E-state index in [0.29, 0.717) is 49.4 Å². The second kappa shape index (κ2) is 14.7. The summed E-state index contributed by atoms with van der Waals surface area (Å²) in [5.74, 6) is -2.63. The maximum atomic E-state index is 14.8. The lowest BCUT2D eigenvalue weighted by Crippen LogP contribution is -2.47. The largest absolute Gasteiger partial charge is 0.493 e. The fourth-order valence-electron chi connectivity index (χ4n) is 6.01. The summed E-state index contributed by atoms with van der Waals surface area (Å²) in [4.78, 5) is 39.6. The molecule has 0 aromatic heterocycles. The summed E-state index contributed by atoms with van der Waals surface area (Å²) in [6.45, 7) is 2.73. The second-order valence-corrected chi connectivity index (χ2v) is 11.9. The minimum absolute atomic E-state index is 0.0285. The predicted molar refractivity (Wildman–Crippen MR) is 166 cm³/mol. The molecule has 11 heteroatoms. The highest BCUT2D eigenvalue weighted by Gasteiger charge is 2.34. The Labute approximate surface area is 266 Å². The molecule has 1 saturated carbocycles. The van der Waals surface area contributed by atoms with Crippen LogP contribution in [0.15, 0.2) is 54.6 Å². The number of likely N-dealkylation sites (N-methyl/N-ethyl adjacent to an activating group) is 1. The van der Waals surface area contributed by atoms with Gasteiger partial charge in [-0.2, -0.15) is 0 Å². The van der Waals surface area contributed by atoms with E-state index in [4.69, 9.17) is 14.6 Å². The van der Waals surface area contributed by atoms with Crippen molar-refractivity contribution in [3.63, 3.8) is 0 Å². The van der Waals surface area contributed by atoms with E-state index in [0.717, 1.165) is 24.2 Å². The van der Waals surface area contributed by atoms with Crippen molar-refractivity contribution >= 4 is 17.8 Å². The molecule has 0 unspecified atom stereocenters. The Morgan fingerprint density at radius 2 is 1.57 bits per heavy atom. The van der Waals surface area contributed by atoms with Crippen molar-refractivity contribution in [2.45, 2.75) is 50.5 Å². The number of carbonyl (C=O) groups excluding carboxylic acids is 1. The first-order valence-corrected chi connectivity index (χ1v) is 15.5. The van der Waals surface area contributed by atoms with Crippen LogP contribution in [0.4, 0.5) is 8.78 Å². The maximum Gasteiger partial charge on any atom is 0.303 e. The second-order valence-electron chi connectivity index (χ2n) is 11.9. The van der Waals surface area contributed by atoms with Crippen molar-refractivity contribution in [1.82, 2.24) is 9.80 Å². The van der Waals surface area contributed by atoms with Gasteiger partial charge in [-0.3, -0.25) is 14.4 Å². The highest BCUT2D eigenvalue weighted by atomic mass is 19.1. The van der Waals surface area contributed by atoms with Gasteiger partial charge in [0, 0.05) is 44.6 Å². The molecule has 9 nitrogen and oxygen atoms in total. The molecule has 46 heavy (non-hydrogen) atoms. The van der Waals surface area contributed by atoms with Crippen LogP contribution in [0, 0.1) is 11.6 Å². The molecule has 2 fully saturated rings. The van der Waals surface area contributed by atoms with Crippen molar-refractivity contribution < 1.29 is 42.9 Å². The lowest BCUT2D eigenvalue weighted by atomic mass is 9.75. The quantitative estimate of drug-likeness (QED) is 0.233. The van der Waals surface area contributed by atoms with E-state index < -0.39 is 23.6 Å². The van der Waals surface area contributed by atoms with Crippen LogP contribution < -0.4 is 9.47 Å². The average Bonchev–Trinajstić information content (AvgIpc) is 3.00. The molecule has 0 bridgehead atoms. The summed E-state index contributed by atoms with van der Waals surface area (Å²) in [6, 6.07) is 13.9. The zero-order valence-corrected chi connectivity index (χ0v) is 25.7. The van der Waals surface area contributed by atoms with Gasteiger partial charge in [0.2, 0.25) is 0 Å². The van der Waals surface area contributed by atoms with Gasteiger partial charge in [-0.1, -0.05) is 18.2 Å². The molecular formula is C35H38F2N2O7. The van der Waals surface area contributed by atoms with Gasteiger partial charge in [0.25, 0.3) is 5.91 Å². The zero-order chi connectivity index (χ0) is 32.8. The van der Waals surface area contributed by atoms with Crippen molar-refractivity contribution in [3.8, 4) is 22.6 Å². The highest BCUT2D eigenvalue weighted by molar-refractivity contribution is 5.96. The van der Waals surface area contributed by atoms with Crippen molar-refractivity contribution in [3.05, 3.63) is 82.9 Å². The zero-order valence-electron chi connectivity index (χ0n) is 25.7. The normalized spacial score (nSPS) is 18.1. The molecule has 0 spiro atoms. The molecule has 1 aliphatic carbocycles. The van der Waals surface area contributed by atoms with Gasteiger partial charge >= 0.3 is 11.9 Å². The number of aliphatic carboxylic acids is 2. The van der Waals surface area contributed by atoms with Crippen LogP contribution in [-0.2, 0) is 16.0 Å². The van der Waals surface area contributed by atoms with Crippen molar-refractivity contribution in [2.75, 3.05) is 39.8 Å². The van der Waals surface area contributed by atoms with Crippen molar-refractivity contribution in [1.29, 1.82) is 0 Å². The predicted octanol–water partition coefficient (Wildman–Crippen LogP) is 5.61. The first-order valence-electron chi connectivity index (χ1n) is 15.5. The maximum absolute atomic E-state index is 14.8. The van der Waals surface area contributed by atoms with Crippen LogP contribution in [0.2, 0.25) is 0 Å². The summed E-state index contributed by atoms with van der Waals surface area (Å²) in [5.41, 5.74) is 2.00. The van der Waals surface area contributed by atoms with E-state index in [2.05, 4.69) is 4.90 Å². The molecule has 1 saturated heterocycles. The van der Waals surface area contributed by atoms with E-state index in [1.54, 1.807) is 23.1 Å². The van der Waals surface area contributed by atoms with Gasteiger partial charge in [0.1, 0.15) is 23.1 Å². The number of hydrogen-bond donors (Lipinski definition) is 2. The Hall–Kier alpha value is -4.51. The fraction of sp³-hybridized carbons (Fsp3) is 0.400. The number of carboxylic acid groups (broad SMARTS) is 2. The molecule has 5 rings (SSSR count). The lowest BCUT2D eigenvalue weighted by molar-refractivity contribution is -0.138. The third-order valence-electron chi connectivity index (χ3n) is 8.58. The van der Waals surface area contributed by atoms with Crippen LogP contribution in [0.5, 0.6) is 11.5 Å². The van der Waals surface area contributed by atoms with Gasteiger partial charge in [-0.15, -0.1) is 0 Å². The molecule has 0 radical (unpaired) electrons. The third-order valence-corrected chi connectivity index (χ3v) is 8.58. The Balaban J connectivity index is 1.35. The monoisotopic (exact) mass is 636 g/mol. The van der Waals surface area contributed by atoms with Gasteiger partial charge in [-0.05, 0) is 91.7 Å². The SMILES string of the molecule is CN1CCN(C(=O)c2cc(OC3CC(c4cccc(OCCCC(=O)O)c4CCC(=O)O)C3)cc(-c3c(F)cccc3F)c2)CC1. The molecule has 0 atom stereocenters. The minimum Gasteiger partial charge on any atom is -0.493 e. The number of halogens is 2.